The summed E-state index contributed by atoms with van der Waals surface area (Å²) in [6.07, 6.45) is 4.98. The topological polar surface area (TPSA) is 93.6 Å². The van der Waals surface area contributed by atoms with Crippen LogP contribution in [-0.2, 0) is 0 Å². The van der Waals surface area contributed by atoms with Crippen molar-refractivity contribution < 1.29 is 9.94 Å². The Hall–Kier alpha value is -1.85. The molecule has 0 radical (unpaired) electrons. The van der Waals surface area contributed by atoms with Gasteiger partial charge in [0.15, 0.2) is 5.84 Å². The highest BCUT2D eigenvalue weighted by atomic mass is 16.5. The van der Waals surface area contributed by atoms with Crippen LogP contribution in [0.4, 0.5) is 0 Å². The van der Waals surface area contributed by atoms with Crippen molar-refractivity contribution >= 4 is 5.84 Å². The molecule has 0 saturated heterocycles. The number of nitrogens with two attached hydrogens (primary N) is 1. The first-order valence-corrected chi connectivity index (χ1v) is 5.56. The number of hydrogen-bond donors (Lipinski definition) is 2. The van der Waals surface area contributed by atoms with Gasteiger partial charge in [0.1, 0.15) is 5.69 Å². The molecule has 0 aliphatic rings. The highest BCUT2D eigenvalue weighted by Gasteiger charge is 2.02. The number of aromatic nitrogens is 2. The van der Waals surface area contributed by atoms with Crippen LogP contribution in [0.2, 0.25) is 0 Å². The molecule has 1 aromatic rings. The van der Waals surface area contributed by atoms with Crippen LogP contribution < -0.4 is 10.5 Å². The summed E-state index contributed by atoms with van der Waals surface area (Å²) >= 11 is 0. The van der Waals surface area contributed by atoms with Crippen molar-refractivity contribution in [3.8, 4) is 5.88 Å². The lowest BCUT2D eigenvalue weighted by atomic mass is 10.1. The van der Waals surface area contributed by atoms with Gasteiger partial charge in [-0.15, -0.1) is 0 Å². The first kappa shape index (κ1) is 13.2. The minimum Gasteiger partial charge on any atom is -0.477 e. The van der Waals surface area contributed by atoms with E-state index in [1.165, 1.54) is 12.4 Å². The Morgan fingerprint density at radius 1 is 1.47 bits per heavy atom. The summed E-state index contributed by atoms with van der Waals surface area (Å²) in [6.45, 7) is 4.97. The molecule has 0 atom stereocenters. The Labute approximate surface area is 101 Å². The zero-order valence-electron chi connectivity index (χ0n) is 10.1. The lowest BCUT2D eigenvalue weighted by molar-refractivity contribution is 0.286. The third kappa shape index (κ3) is 4.67. The highest BCUT2D eigenvalue weighted by molar-refractivity contribution is 5.94. The Morgan fingerprint density at radius 3 is 2.76 bits per heavy atom. The summed E-state index contributed by atoms with van der Waals surface area (Å²) in [6, 6.07) is 0. The van der Waals surface area contributed by atoms with Crippen molar-refractivity contribution in [2.75, 3.05) is 6.61 Å². The molecule has 0 saturated carbocycles. The van der Waals surface area contributed by atoms with Crippen molar-refractivity contribution in [1.29, 1.82) is 0 Å². The first-order valence-electron chi connectivity index (χ1n) is 5.56. The smallest absolute Gasteiger partial charge is 0.232 e. The average Bonchev–Trinajstić information content (AvgIpc) is 2.34. The largest absolute Gasteiger partial charge is 0.477 e. The van der Waals surface area contributed by atoms with Crippen LogP contribution >= 0.6 is 0 Å². The molecule has 0 fully saturated rings. The average molecular weight is 238 g/mol. The summed E-state index contributed by atoms with van der Waals surface area (Å²) in [5.74, 6) is 1.06. The zero-order valence-corrected chi connectivity index (χ0v) is 10.1. The number of oxime groups is 1. The van der Waals surface area contributed by atoms with Crippen LogP contribution in [0.25, 0.3) is 0 Å². The van der Waals surface area contributed by atoms with Gasteiger partial charge in [0.05, 0.1) is 19.0 Å². The normalized spacial score (nSPS) is 11.8. The third-order valence-electron chi connectivity index (χ3n) is 2.17. The highest BCUT2D eigenvalue weighted by Crippen LogP contribution is 2.07. The maximum absolute atomic E-state index is 8.45. The second kappa shape index (κ2) is 6.67. The SMILES string of the molecule is CC(C)CCCOc1cnc(C(N)=NO)cn1. The van der Waals surface area contributed by atoms with Crippen LogP contribution in [0.15, 0.2) is 17.5 Å². The second-order valence-corrected chi connectivity index (χ2v) is 4.11. The Bertz CT molecular complexity index is 362. The molecule has 0 bridgehead atoms. The van der Waals surface area contributed by atoms with E-state index < -0.39 is 0 Å². The fourth-order valence-corrected chi connectivity index (χ4v) is 1.24. The van der Waals surface area contributed by atoms with Crippen LogP contribution in [0, 0.1) is 5.92 Å². The van der Waals surface area contributed by atoms with E-state index in [0.29, 0.717) is 24.1 Å². The molecule has 94 valence electrons. The number of nitrogens with zero attached hydrogens (tertiary/aromatic N) is 3. The third-order valence-corrected chi connectivity index (χ3v) is 2.17. The van der Waals surface area contributed by atoms with Gasteiger partial charge in [0.2, 0.25) is 5.88 Å². The van der Waals surface area contributed by atoms with E-state index in [0.717, 1.165) is 12.8 Å². The van der Waals surface area contributed by atoms with Crippen LogP contribution in [0.3, 0.4) is 0 Å². The van der Waals surface area contributed by atoms with Crippen molar-refractivity contribution in [3.05, 3.63) is 18.1 Å². The molecule has 0 aliphatic heterocycles. The minimum absolute atomic E-state index is 0.0659. The number of hydrogen-bond acceptors (Lipinski definition) is 5. The molecule has 0 spiro atoms. The van der Waals surface area contributed by atoms with E-state index in [4.69, 9.17) is 15.7 Å². The fourth-order valence-electron chi connectivity index (χ4n) is 1.24. The molecular weight excluding hydrogens is 220 g/mol. The van der Waals surface area contributed by atoms with E-state index in [2.05, 4.69) is 29.0 Å². The van der Waals surface area contributed by atoms with Crippen molar-refractivity contribution in [3.63, 3.8) is 0 Å². The van der Waals surface area contributed by atoms with Gasteiger partial charge in [-0.2, -0.15) is 0 Å². The Morgan fingerprint density at radius 2 is 2.24 bits per heavy atom. The van der Waals surface area contributed by atoms with Crippen molar-refractivity contribution in [2.24, 2.45) is 16.8 Å². The lowest BCUT2D eigenvalue weighted by Crippen LogP contribution is -2.15. The van der Waals surface area contributed by atoms with Gasteiger partial charge >= 0.3 is 0 Å². The molecule has 6 nitrogen and oxygen atoms in total. The van der Waals surface area contributed by atoms with Crippen molar-refractivity contribution in [1.82, 2.24) is 9.97 Å². The van der Waals surface area contributed by atoms with E-state index in [-0.39, 0.29) is 5.84 Å². The number of rotatable bonds is 6. The molecular formula is C11H18N4O2. The maximum atomic E-state index is 8.45. The first-order chi connectivity index (χ1) is 8.13. The molecule has 17 heavy (non-hydrogen) atoms. The van der Waals surface area contributed by atoms with E-state index >= 15 is 0 Å². The van der Waals surface area contributed by atoms with Crippen molar-refractivity contribution in [2.45, 2.75) is 26.7 Å². The zero-order chi connectivity index (χ0) is 12.7. The second-order valence-electron chi connectivity index (χ2n) is 4.11. The fraction of sp³-hybridized carbons (Fsp3) is 0.545. The van der Waals surface area contributed by atoms with Gasteiger partial charge in [-0.05, 0) is 18.8 Å². The predicted molar refractivity (Wildman–Crippen MR) is 64.1 cm³/mol. The quantitative estimate of drug-likeness (QED) is 0.257. The van der Waals surface area contributed by atoms with Crippen LogP contribution in [0.5, 0.6) is 5.88 Å². The summed E-state index contributed by atoms with van der Waals surface area (Å²) in [4.78, 5) is 7.97. The molecule has 6 heteroatoms. The number of ether oxygens (including phenoxy) is 1. The number of amidine groups is 1. The molecule has 3 N–H and O–H groups in total. The monoisotopic (exact) mass is 238 g/mol. The van der Waals surface area contributed by atoms with Gasteiger partial charge in [-0.25, -0.2) is 9.97 Å². The molecule has 1 aromatic heterocycles. The van der Waals surface area contributed by atoms with Gasteiger partial charge in [0.25, 0.3) is 0 Å². The molecule has 0 aromatic carbocycles. The Balaban J connectivity index is 2.41. The van der Waals surface area contributed by atoms with E-state index in [1.54, 1.807) is 0 Å². The van der Waals surface area contributed by atoms with Crippen LogP contribution in [-0.4, -0.2) is 27.6 Å². The molecule has 0 aliphatic carbocycles. The molecule has 0 unspecified atom stereocenters. The summed E-state index contributed by atoms with van der Waals surface area (Å²) < 4.78 is 5.41. The van der Waals surface area contributed by atoms with Crippen LogP contribution in [0.1, 0.15) is 32.4 Å². The van der Waals surface area contributed by atoms with E-state index in [9.17, 15) is 0 Å². The minimum atomic E-state index is -0.0659. The predicted octanol–water partition coefficient (Wildman–Crippen LogP) is 1.39. The molecule has 0 amide bonds. The standard InChI is InChI=1S/C11H18N4O2/c1-8(2)4-3-5-17-10-7-13-9(6-14-10)11(12)15-16/h6-8,16H,3-5H2,1-2H3,(H2,12,15). The summed E-state index contributed by atoms with van der Waals surface area (Å²) in [5, 5.41) is 11.3. The van der Waals surface area contributed by atoms with Gasteiger partial charge < -0.3 is 15.7 Å². The molecule has 1 rings (SSSR count). The lowest BCUT2D eigenvalue weighted by Gasteiger charge is -2.06. The van der Waals surface area contributed by atoms with E-state index in [1.807, 2.05) is 0 Å². The van der Waals surface area contributed by atoms with Gasteiger partial charge in [-0.1, -0.05) is 19.0 Å². The summed E-state index contributed by atoms with van der Waals surface area (Å²) in [5.41, 5.74) is 5.68. The maximum Gasteiger partial charge on any atom is 0.232 e. The van der Waals surface area contributed by atoms with Gasteiger partial charge in [0, 0.05) is 0 Å². The Kier molecular flexibility index (Phi) is 5.19. The summed E-state index contributed by atoms with van der Waals surface area (Å²) in [7, 11) is 0. The molecule has 1 heterocycles. The van der Waals surface area contributed by atoms with Gasteiger partial charge in [-0.3, -0.25) is 0 Å².